The van der Waals surface area contributed by atoms with Crippen LogP contribution in [-0.2, 0) is 21.9 Å². The number of rotatable bonds is 6. The molecule has 0 unspecified atom stereocenters. The van der Waals surface area contributed by atoms with Gasteiger partial charge in [0.05, 0.1) is 6.54 Å². The molecule has 0 radical (unpaired) electrons. The van der Waals surface area contributed by atoms with E-state index < -0.39 is 5.41 Å². The Kier molecular flexibility index (Phi) is 6.87. The number of carbonyl (C=O) groups is 2. The Hall–Kier alpha value is -1.56. The van der Waals surface area contributed by atoms with E-state index >= 15 is 0 Å². The highest BCUT2D eigenvalue weighted by atomic mass is 32.2. The molecule has 0 bridgehead atoms. The summed E-state index contributed by atoms with van der Waals surface area (Å²) in [4.78, 5) is 23.5. The van der Waals surface area contributed by atoms with Crippen LogP contribution in [0.25, 0.3) is 0 Å². The first-order chi connectivity index (χ1) is 10.2. The minimum absolute atomic E-state index is 0.0604. The molecule has 0 aliphatic heterocycles. The number of hydrogen-bond donors (Lipinski definition) is 2. The predicted octanol–water partition coefficient (Wildman–Crippen LogP) is 2.47. The van der Waals surface area contributed by atoms with Crippen molar-refractivity contribution in [3.8, 4) is 0 Å². The number of carbonyl (C=O) groups excluding carboxylic acids is 2. The van der Waals surface area contributed by atoms with Crippen LogP contribution in [0.2, 0.25) is 0 Å². The summed E-state index contributed by atoms with van der Waals surface area (Å²) >= 11 is 1.59. The highest BCUT2D eigenvalue weighted by Crippen LogP contribution is 2.16. The molecule has 0 aliphatic carbocycles. The van der Waals surface area contributed by atoms with Crippen LogP contribution in [0.15, 0.2) is 18.2 Å². The Morgan fingerprint density at radius 3 is 2.45 bits per heavy atom. The van der Waals surface area contributed by atoms with Crippen molar-refractivity contribution >= 4 is 23.6 Å². The van der Waals surface area contributed by atoms with Gasteiger partial charge in [0, 0.05) is 17.7 Å². The summed E-state index contributed by atoms with van der Waals surface area (Å²) < 4.78 is 13.2. The van der Waals surface area contributed by atoms with Crippen LogP contribution in [0, 0.1) is 11.2 Å². The second-order valence-electron chi connectivity index (χ2n) is 6.06. The van der Waals surface area contributed by atoms with E-state index in [1.807, 2.05) is 6.26 Å². The minimum atomic E-state index is -0.525. The first kappa shape index (κ1) is 18.5. The fraction of sp³-hybridized carbons (Fsp3) is 0.500. The third-order valence-corrected chi connectivity index (χ3v) is 3.63. The Morgan fingerprint density at radius 1 is 1.18 bits per heavy atom. The van der Waals surface area contributed by atoms with Gasteiger partial charge < -0.3 is 10.6 Å². The van der Waals surface area contributed by atoms with Crippen molar-refractivity contribution < 1.29 is 14.0 Å². The Balaban J connectivity index is 2.52. The third-order valence-electron chi connectivity index (χ3n) is 3.03. The van der Waals surface area contributed by atoms with Crippen LogP contribution in [0.1, 0.15) is 31.9 Å². The van der Waals surface area contributed by atoms with Gasteiger partial charge in [-0.05, 0) is 29.5 Å². The van der Waals surface area contributed by atoms with Gasteiger partial charge in [-0.2, -0.15) is 11.8 Å². The monoisotopic (exact) mass is 326 g/mol. The van der Waals surface area contributed by atoms with Crippen molar-refractivity contribution in [3.05, 3.63) is 35.1 Å². The first-order valence-corrected chi connectivity index (χ1v) is 8.44. The van der Waals surface area contributed by atoms with Crippen LogP contribution < -0.4 is 10.6 Å². The second kappa shape index (κ2) is 8.17. The molecule has 1 rings (SSSR count). The molecule has 0 saturated carbocycles. The zero-order chi connectivity index (χ0) is 16.8. The number of amides is 2. The van der Waals surface area contributed by atoms with Crippen LogP contribution >= 0.6 is 11.8 Å². The molecule has 4 nitrogen and oxygen atoms in total. The molecule has 2 amide bonds. The Bertz CT molecular complexity index is 541. The summed E-state index contributed by atoms with van der Waals surface area (Å²) in [5.74, 6) is -0.0370. The van der Waals surface area contributed by atoms with Crippen LogP contribution in [0.3, 0.4) is 0 Å². The molecule has 122 valence electrons. The zero-order valence-corrected chi connectivity index (χ0v) is 14.3. The van der Waals surface area contributed by atoms with Gasteiger partial charge in [-0.15, -0.1) is 0 Å². The quantitative estimate of drug-likeness (QED) is 0.844. The van der Waals surface area contributed by atoms with Crippen molar-refractivity contribution in [1.82, 2.24) is 10.6 Å². The van der Waals surface area contributed by atoms with E-state index in [9.17, 15) is 14.0 Å². The van der Waals surface area contributed by atoms with Crippen molar-refractivity contribution in [2.24, 2.45) is 5.41 Å². The summed E-state index contributed by atoms with van der Waals surface area (Å²) in [7, 11) is 0. The summed E-state index contributed by atoms with van der Waals surface area (Å²) in [6, 6.07) is 4.54. The highest BCUT2D eigenvalue weighted by Gasteiger charge is 2.21. The average Bonchev–Trinajstić information content (AvgIpc) is 2.43. The molecule has 0 atom stereocenters. The molecule has 1 aromatic carbocycles. The average molecular weight is 326 g/mol. The fourth-order valence-corrected chi connectivity index (χ4v) is 2.32. The van der Waals surface area contributed by atoms with E-state index in [0.717, 1.165) is 11.1 Å². The molecule has 0 heterocycles. The molecule has 6 heteroatoms. The molecule has 22 heavy (non-hydrogen) atoms. The van der Waals surface area contributed by atoms with E-state index in [1.54, 1.807) is 38.6 Å². The van der Waals surface area contributed by atoms with Crippen molar-refractivity contribution in [2.75, 3.05) is 12.8 Å². The maximum Gasteiger partial charge on any atom is 0.239 e. The molecule has 0 aromatic heterocycles. The van der Waals surface area contributed by atoms with Gasteiger partial charge in [-0.25, -0.2) is 4.39 Å². The van der Waals surface area contributed by atoms with Crippen LogP contribution in [-0.4, -0.2) is 24.6 Å². The van der Waals surface area contributed by atoms with Crippen LogP contribution in [0.5, 0.6) is 0 Å². The van der Waals surface area contributed by atoms with Gasteiger partial charge >= 0.3 is 0 Å². The maximum absolute atomic E-state index is 13.2. The van der Waals surface area contributed by atoms with E-state index in [1.165, 1.54) is 12.1 Å². The highest BCUT2D eigenvalue weighted by molar-refractivity contribution is 7.97. The maximum atomic E-state index is 13.2. The summed E-state index contributed by atoms with van der Waals surface area (Å²) in [6.45, 7) is 5.61. The summed E-state index contributed by atoms with van der Waals surface area (Å²) in [6.07, 6.45) is 1.94. The SMILES string of the molecule is CSCc1cc(F)ccc1CNC(=O)CNC(=O)C(C)(C)C. The third kappa shape index (κ3) is 6.05. The summed E-state index contributed by atoms with van der Waals surface area (Å²) in [5, 5.41) is 5.33. The van der Waals surface area contributed by atoms with Gasteiger partial charge in [-0.3, -0.25) is 9.59 Å². The lowest BCUT2D eigenvalue weighted by Gasteiger charge is -2.17. The molecule has 0 aliphatic rings. The second-order valence-corrected chi connectivity index (χ2v) is 6.92. The van der Waals surface area contributed by atoms with Gasteiger partial charge in [0.2, 0.25) is 11.8 Å². The lowest BCUT2D eigenvalue weighted by atomic mass is 9.96. The molecule has 1 aromatic rings. The fourth-order valence-electron chi connectivity index (χ4n) is 1.74. The van der Waals surface area contributed by atoms with Gasteiger partial charge in [0.15, 0.2) is 0 Å². The molecule has 2 N–H and O–H groups in total. The minimum Gasteiger partial charge on any atom is -0.350 e. The van der Waals surface area contributed by atoms with Crippen molar-refractivity contribution in [2.45, 2.75) is 33.1 Å². The van der Waals surface area contributed by atoms with E-state index in [4.69, 9.17) is 0 Å². The first-order valence-electron chi connectivity index (χ1n) is 7.05. The lowest BCUT2D eigenvalue weighted by molar-refractivity contribution is -0.131. The number of halogens is 1. The number of nitrogens with one attached hydrogen (secondary N) is 2. The topological polar surface area (TPSA) is 58.2 Å². The number of benzene rings is 1. The molecule has 0 spiro atoms. The molecule has 0 fully saturated rings. The Morgan fingerprint density at radius 2 is 1.86 bits per heavy atom. The smallest absolute Gasteiger partial charge is 0.239 e. The molecular formula is C16H23FN2O2S. The molecular weight excluding hydrogens is 303 g/mol. The summed E-state index contributed by atoms with van der Waals surface area (Å²) in [5.41, 5.74) is 1.22. The number of thioether (sulfide) groups is 1. The molecule has 0 saturated heterocycles. The van der Waals surface area contributed by atoms with Crippen molar-refractivity contribution in [3.63, 3.8) is 0 Å². The van der Waals surface area contributed by atoms with Gasteiger partial charge in [0.1, 0.15) is 5.82 Å². The largest absolute Gasteiger partial charge is 0.350 e. The predicted molar refractivity (Wildman–Crippen MR) is 87.9 cm³/mol. The zero-order valence-electron chi connectivity index (χ0n) is 13.5. The van der Waals surface area contributed by atoms with E-state index in [2.05, 4.69) is 10.6 Å². The van der Waals surface area contributed by atoms with Gasteiger partial charge in [0.25, 0.3) is 0 Å². The Labute approximate surface area is 135 Å². The van der Waals surface area contributed by atoms with Crippen molar-refractivity contribution in [1.29, 1.82) is 0 Å². The van der Waals surface area contributed by atoms with E-state index in [-0.39, 0.29) is 24.2 Å². The van der Waals surface area contributed by atoms with E-state index in [0.29, 0.717) is 12.3 Å². The normalized spacial score (nSPS) is 11.1. The standard InChI is InChI=1S/C16H23FN2O2S/c1-16(2,3)15(21)19-9-14(20)18-8-11-5-6-13(17)7-12(11)10-22-4/h5-7H,8-10H2,1-4H3,(H,18,20)(H,19,21). The lowest BCUT2D eigenvalue weighted by Crippen LogP contribution is -2.41. The number of hydrogen-bond acceptors (Lipinski definition) is 3. The van der Waals surface area contributed by atoms with Gasteiger partial charge in [-0.1, -0.05) is 26.8 Å². The van der Waals surface area contributed by atoms with Crippen LogP contribution in [0.4, 0.5) is 4.39 Å².